The van der Waals surface area contributed by atoms with Crippen molar-refractivity contribution in [2.45, 2.75) is 18.9 Å². The molecule has 1 aromatic heterocycles. The van der Waals surface area contributed by atoms with E-state index < -0.39 is 0 Å². The lowest BCUT2D eigenvalue weighted by Crippen LogP contribution is -2.32. The third kappa shape index (κ3) is 1.62. The van der Waals surface area contributed by atoms with Crippen LogP contribution in [0.25, 0.3) is 0 Å². The lowest BCUT2D eigenvalue weighted by molar-refractivity contribution is 0.266. The van der Waals surface area contributed by atoms with Crippen LogP contribution in [-0.2, 0) is 0 Å². The summed E-state index contributed by atoms with van der Waals surface area (Å²) in [7, 11) is 0. The van der Waals surface area contributed by atoms with Crippen molar-refractivity contribution in [1.82, 2.24) is 9.97 Å². The Morgan fingerprint density at radius 3 is 3.23 bits per heavy atom. The predicted octanol–water partition coefficient (Wildman–Crippen LogP) is 0.438. The molecule has 1 fully saturated rings. The molecule has 2 rings (SSSR count). The highest BCUT2D eigenvalue weighted by Gasteiger charge is 2.24. The summed E-state index contributed by atoms with van der Waals surface area (Å²) in [6.07, 6.45) is 5.47. The highest BCUT2D eigenvalue weighted by molar-refractivity contribution is 5.39. The first-order valence-corrected chi connectivity index (χ1v) is 4.55. The van der Waals surface area contributed by atoms with Gasteiger partial charge in [-0.1, -0.05) is 0 Å². The summed E-state index contributed by atoms with van der Waals surface area (Å²) >= 11 is 0. The SMILES string of the molecule is OC[C@H]1CCCN1c1ccncn1. The van der Waals surface area contributed by atoms with E-state index in [1.54, 1.807) is 12.5 Å². The minimum atomic E-state index is 0.212. The molecule has 0 aliphatic carbocycles. The van der Waals surface area contributed by atoms with Crippen LogP contribution in [0.5, 0.6) is 0 Å². The van der Waals surface area contributed by atoms with Crippen molar-refractivity contribution < 1.29 is 5.11 Å². The number of hydrogen-bond donors (Lipinski definition) is 1. The van der Waals surface area contributed by atoms with Gasteiger partial charge in [0.15, 0.2) is 0 Å². The van der Waals surface area contributed by atoms with E-state index in [0.29, 0.717) is 0 Å². The summed E-state index contributed by atoms with van der Waals surface area (Å²) in [5, 5.41) is 9.11. The Labute approximate surface area is 77.2 Å². The zero-order chi connectivity index (χ0) is 9.10. The molecule has 2 heterocycles. The van der Waals surface area contributed by atoms with Crippen molar-refractivity contribution >= 4 is 5.82 Å². The molecule has 70 valence electrons. The molecule has 1 N–H and O–H groups in total. The standard InChI is InChI=1S/C9H13N3O/c13-6-8-2-1-5-12(8)9-3-4-10-7-11-9/h3-4,7-8,13H,1-2,5-6H2/t8-/m1/s1. The van der Waals surface area contributed by atoms with E-state index in [2.05, 4.69) is 14.9 Å². The van der Waals surface area contributed by atoms with E-state index in [-0.39, 0.29) is 12.6 Å². The van der Waals surface area contributed by atoms with Gasteiger partial charge in [0.05, 0.1) is 12.6 Å². The van der Waals surface area contributed by atoms with Crippen LogP contribution in [0, 0.1) is 0 Å². The minimum absolute atomic E-state index is 0.212. The van der Waals surface area contributed by atoms with E-state index in [1.165, 1.54) is 0 Å². The van der Waals surface area contributed by atoms with Crippen LogP contribution in [0.1, 0.15) is 12.8 Å². The van der Waals surface area contributed by atoms with Gasteiger partial charge in [-0.3, -0.25) is 0 Å². The van der Waals surface area contributed by atoms with E-state index in [9.17, 15) is 0 Å². The molecule has 13 heavy (non-hydrogen) atoms. The van der Waals surface area contributed by atoms with Crippen molar-refractivity contribution in [3.8, 4) is 0 Å². The summed E-state index contributed by atoms with van der Waals surface area (Å²) in [4.78, 5) is 10.2. The number of nitrogens with zero attached hydrogens (tertiary/aromatic N) is 3. The van der Waals surface area contributed by atoms with Crippen LogP contribution in [0.4, 0.5) is 5.82 Å². The quantitative estimate of drug-likeness (QED) is 0.715. The van der Waals surface area contributed by atoms with Gasteiger partial charge in [-0.25, -0.2) is 9.97 Å². The molecule has 1 saturated heterocycles. The summed E-state index contributed by atoms with van der Waals surface area (Å²) in [6.45, 7) is 1.20. The molecule has 1 aromatic rings. The number of hydrogen-bond acceptors (Lipinski definition) is 4. The summed E-state index contributed by atoms with van der Waals surface area (Å²) in [6, 6.07) is 2.13. The molecule has 0 saturated carbocycles. The average molecular weight is 179 g/mol. The third-order valence-electron chi connectivity index (χ3n) is 2.45. The van der Waals surface area contributed by atoms with Gasteiger partial charge in [0, 0.05) is 12.7 Å². The third-order valence-corrected chi connectivity index (χ3v) is 2.45. The largest absolute Gasteiger partial charge is 0.394 e. The van der Waals surface area contributed by atoms with Gasteiger partial charge in [0.25, 0.3) is 0 Å². The molecular formula is C9H13N3O. The molecule has 1 atom stereocenters. The predicted molar refractivity (Wildman–Crippen MR) is 49.5 cm³/mol. The fourth-order valence-electron chi connectivity index (χ4n) is 1.78. The fraction of sp³-hybridized carbons (Fsp3) is 0.556. The Hall–Kier alpha value is -1.16. The second-order valence-electron chi connectivity index (χ2n) is 3.24. The molecule has 0 amide bonds. The molecule has 4 nitrogen and oxygen atoms in total. The van der Waals surface area contributed by atoms with Crippen molar-refractivity contribution in [3.05, 3.63) is 18.6 Å². The van der Waals surface area contributed by atoms with E-state index in [0.717, 1.165) is 25.2 Å². The maximum Gasteiger partial charge on any atom is 0.132 e. The van der Waals surface area contributed by atoms with Crippen LogP contribution in [0.3, 0.4) is 0 Å². The Kier molecular flexibility index (Phi) is 2.40. The summed E-state index contributed by atoms with van der Waals surface area (Å²) < 4.78 is 0. The van der Waals surface area contributed by atoms with Crippen molar-refractivity contribution in [2.24, 2.45) is 0 Å². The maximum atomic E-state index is 9.11. The average Bonchev–Trinajstić information content (AvgIpc) is 2.67. The van der Waals surface area contributed by atoms with Gasteiger partial charge in [-0.05, 0) is 18.9 Å². The fourth-order valence-corrected chi connectivity index (χ4v) is 1.78. The Balaban J connectivity index is 2.16. The normalized spacial score (nSPS) is 22.2. The van der Waals surface area contributed by atoms with Gasteiger partial charge in [0.2, 0.25) is 0 Å². The minimum Gasteiger partial charge on any atom is -0.394 e. The van der Waals surface area contributed by atoms with Crippen molar-refractivity contribution in [3.63, 3.8) is 0 Å². The van der Waals surface area contributed by atoms with Crippen LogP contribution in [0.2, 0.25) is 0 Å². The first-order valence-electron chi connectivity index (χ1n) is 4.55. The second-order valence-corrected chi connectivity index (χ2v) is 3.24. The molecule has 1 aliphatic heterocycles. The first kappa shape index (κ1) is 8.44. The van der Waals surface area contributed by atoms with Crippen molar-refractivity contribution in [2.75, 3.05) is 18.1 Å². The maximum absolute atomic E-state index is 9.11. The molecular weight excluding hydrogens is 166 g/mol. The number of aliphatic hydroxyl groups excluding tert-OH is 1. The van der Waals surface area contributed by atoms with Crippen molar-refractivity contribution in [1.29, 1.82) is 0 Å². The van der Waals surface area contributed by atoms with Gasteiger partial charge in [-0.15, -0.1) is 0 Å². The second kappa shape index (κ2) is 3.70. The van der Waals surface area contributed by atoms with Gasteiger partial charge in [0.1, 0.15) is 12.1 Å². The van der Waals surface area contributed by atoms with E-state index >= 15 is 0 Å². The van der Waals surface area contributed by atoms with Crippen LogP contribution in [0.15, 0.2) is 18.6 Å². The van der Waals surface area contributed by atoms with Gasteiger partial charge < -0.3 is 10.0 Å². The van der Waals surface area contributed by atoms with Crippen LogP contribution in [-0.4, -0.2) is 34.3 Å². The Bertz CT molecular complexity index is 265. The smallest absolute Gasteiger partial charge is 0.132 e. The summed E-state index contributed by atoms with van der Waals surface area (Å²) in [5.41, 5.74) is 0. The highest BCUT2D eigenvalue weighted by atomic mass is 16.3. The Morgan fingerprint density at radius 2 is 2.54 bits per heavy atom. The molecule has 0 unspecified atom stereocenters. The molecule has 0 radical (unpaired) electrons. The van der Waals surface area contributed by atoms with Crippen LogP contribution < -0.4 is 4.90 Å². The number of aliphatic hydroxyl groups is 1. The zero-order valence-electron chi connectivity index (χ0n) is 7.43. The van der Waals surface area contributed by atoms with E-state index in [4.69, 9.17) is 5.11 Å². The van der Waals surface area contributed by atoms with E-state index in [1.807, 2.05) is 6.07 Å². The Morgan fingerprint density at radius 1 is 1.62 bits per heavy atom. The number of anilines is 1. The van der Waals surface area contributed by atoms with Crippen LogP contribution >= 0.6 is 0 Å². The summed E-state index contributed by atoms with van der Waals surface area (Å²) in [5.74, 6) is 0.923. The molecule has 1 aliphatic rings. The zero-order valence-corrected chi connectivity index (χ0v) is 7.43. The molecule has 0 bridgehead atoms. The topological polar surface area (TPSA) is 49.2 Å². The van der Waals surface area contributed by atoms with Gasteiger partial charge >= 0.3 is 0 Å². The molecule has 0 aromatic carbocycles. The monoisotopic (exact) mass is 179 g/mol. The lowest BCUT2D eigenvalue weighted by atomic mass is 10.2. The lowest BCUT2D eigenvalue weighted by Gasteiger charge is -2.23. The molecule has 0 spiro atoms. The number of rotatable bonds is 2. The first-order chi connectivity index (χ1) is 6.42. The van der Waals surface area contributed by atoms with Gasteiger partial charge in [-0.2, -0.15) is 0 Å². The highest BCUT2D eigenvalue weighted by Crippen LogP contribution is 2.22. The molecule has 4 heteroatoms. The number of aromatic nitrogens is 2.